The molecule has 0 aromatic heterocycles. The van der Waals surface area contributed by atoms with Crippen LogP contribution in [0.3, 0.4) is 0 Å². The average molecular weight is 197 g/mol. The Hall–Kier alpha value is 0.140. The number of nitrogens with zero attached hydrogens (tertiary/aromatic N) is 1. The molecule has 1 N–H and O–H groups in total. The van der Waals surface area contributed by atoms with Crippen LogP contribution in [0.4, 0.5) is 0 Å². The van der Waals surface area contributed by atoms with E-state index in [1.807, 2.05) is 6.26 Å². The summed E-state index contributed by atoms with van der Waals surface area (Å²) in [5.41, 5.74) is -0.0370. The number of hydrogen-bond acceptors (Lipinski definition) is 3. The monoisotopic (exact) mass is 196 g/mol. The Morgan fingerprint density at radius 2 is 2.40 bits per heavy atom. The van der Waals surface area contributed by atoms with Gasteiger partial charge in [-0.25, -0.2) is 4.99 Å². The zero-order valence-corrected chi connectivity index (χ0v) is 7.59. The lowest BCUT2D eigenvalue weighted by molar-refractivity contribution is 0.803. The van der Waals surface area contributed by atoms with Crippen LogP contribution < -0.4 is 5.32 Å². The summed E-state index contributed by atoms with van der Waals surface area (Å²) >= 11 is 12.8. The van der Waals surface area contributed by atoms with E-state index in [4.69, 9.17) is 23.2 Å². The van der Waals surface area contributed by atoms with E-state index in [-0.39, 0.29) is 5.50 Å². The van der Waals surface area contributed by atoms with Gasteiger partial charge in [0.2, 0.25) is 0 Å². The number of aliphatic imine (C=N–C) groups is 1. The zero-order chi connectivity index (χ0) is 7.56. The molecule has 0 aliphatic carbocycles. The second kappa shape index (κ2) is 3.51. The summed E-state index contributed by atoms with van der Waals surface area (Å²) in [7, 11) is 0. The molecule has 0 radical (unpaired) electrons. The lowest BCUT2D eigenvalue weighted by Gasteiger charge is -2.15. The van der Waals surface area contributed by atoms with Gasteiger partial charge in [-0.2, -0.15) is 0 Å². The predicted octanol–water partition coefficient (Wildman–Crippen LogP) is 1.95. The molecule has 1 aliphatic heterocycles. The maximum absolute atomic E-state index is 5.66. The summed E-state index contributed by atoms with van der Waals surface area (Å²) in [4.78, 5) is 4.02. The molecular formula is C5H6Cl2N2S. The van der Waals surface area contributed by atoms with Crippen molar-refractivity contribution in [3.63, 3.8) is 0 Å². The molecule has 0 aromatic carbocycles. The predicted molar refractivity (Wildman–Crippen MR) is 47.7 cm³/mol. The van der Waals surface area contributed by atoms with Crippen LogP contribution in [-0.4, -0.2) is 16.9 Å². The number of thioether (sulfide) groups is 1. The normalized spacial score (nSPS) is 24.9. The average Bonchev–Trinajstić information content (AvgIpc) is 1.85. The Balaban J connectivity index is 2.67. The molecule has 0 saturated heterocycles. The van der Waals surface area contributed by atoms with Crippen molar-refractivity contribution >= 4 is 40.1 Å². The largest absolute Gasteiger partial charge is 0.346 e. The molecule has 1 aliphatic rings. The maximum Gasteiger partial charge on any atom is 0.168 e. The van der Waals surface area contributed by atoms with Crippen LogP contribution in [0.15, 0.2) is 16.2 Å². The second-order valence-corrected chi connectivity index (χ2v) is 3.39. The fourth-order valence-corrected chi connectivity index (χ4v) is 1.61. The first-order chi connectivity index (χ1) is 4.72. The minimum absolute atomic E-state index is 0.0370. The Kier molecular flexibility index (Phi) is 2.89. The van der Waals surface area contributed by atoms with E-state index in [9.17, 15) is 0 Å². The van der Waals surface area contributed by atoms with Crippen molar-refractivity contribution in [2.45, 2.75) is 5.50 Å². The number of hydrogen-bond donors (Lipinski definition) is 1. The molecule has 56 valence electrons. The molecule has 1 atom stereocenters. The van der Waals surface area contributed by atoms with Gasteiger partial charge >= 0.3 is 0 Å². The molecule has 5 heteroatoms. The van der Waals surface area contributed by atoms with Gasteiger partial charge in [0, 0.05) is 6.08 Å². The summed E-state index contributed by atoms with van der Waals surface area (Å²) in [6.07, 6.45) is 3.51. The van der Waals surface area contributed by atoms with Crippen molar-refractivity contribution in [3.8, 4) is 0 Å². The SMILES string of the molecule is CSC1N=C(Cl)C=C(Cl)N1. The van der Waals surface area contributed by atoms with Crippen molar-refractivity contribution in [2.24, 2.45) is 4.99 Å². The van der Waals surface area contributed by atoms with E-state index in [1.54, 1.807) is 17.8 Å². The molecule has 0 saturated carbocycles. The van der Waals surface area contributed by atoms with Gasteiger partial charge in [0.1, 0.15) is 10.3 Å². The Labute approximate surface area is 73.7 Å². The van der Waals surface area contributed by atoms with Crippen LogP contribution in [0.5, 0.6) is 0 Å². The van der Waals surface area contributed by atoms with Crippen LogP contribution in [-0.2, 0) is 0 Å². The number of allylic oxidation sites excluding steroid dienone is 1. The van der Waals surface area contributed by atoms with Crippen LogP contribution in [0, 0.1) is 0 Å². The smallest absolute Gasteiger partial charge is 0.168 e. The molecule has 0 aromatic rings. The lowest BCUT2D eigenvalue weighted by Crippen LogP contribution is -2.25. The quantitative estimate of drug-likeness (QED) is 0.649. The number of rotatable bonds is 1. The molecule has 1 rings (SSSR count). The molecule has 0 bridgehead atoms. The van der Waals surface area contributed by atoms with Crippen LogP contribution >= 0.6 is 35.0 Å². The summed E-state index contributed by atoms with van der Waals surface area (Å²) in [5, 5.41) is 3.90. The van der Waals surface area contributed by atoms with Gasteiger partial charge in [-0.3, -0.25) is 0 Å². The van der Waals surface area contributed by atoms with Crippen molar-refractivity contribution in [1.82, 2.24) is 5.32 Å². The standard InChI is InChI=1S/C5H6Cl2N2S/c1-10-5-8-3(6)2-4(7)9-5/h2,5,8H,1H3. The Morgan fingerprint density at radius 3 is 2.90 bits per heavy atom. The third-order valence-electron chi connectivity index (χ3n) is 0.971. The minimum atomic E-state index is -0.0370. The van der Waals surface area contributed by atoms with E-state index in [0.717, 1.165) is 0 Å². The third kappa shape index (κ3) is 2.08. The molecule has 0 spiro atoms. The summed E-state index contributed by atoms with van der Waals surface area (Å²) in [6, 6.07) is 0. The van der Waals surface area contributed by atoms with Crippen LogP contribution in [0.2, 0.25) is 0 Å². The first-order valence-electron chi connectivity index (χ1n) is 2.62. The fraction of sp³-hybridized carbons (Fsp3) is 0.400. The lowest BCUT2D eigenvalue weighted by atomic mass is 10.6. The van der Waals surface area contributed by atoms with Crippen molar-refractivity contribution in [1.29, 1.82) is 0 Å². The molecule has 1 heterocycles. The van der Waals surface area contributed by atoms with E-state index >= 15 is 0 Å². The Morgan fingerprint density at radius 1 is 1.70 bits per heavy atom. The number of nitrogens with one attached hydrogen (secondary N) is 1. The van der Waals surface area contributed by atoms with Gasteiger partial charge in [-0.05, 0) is 6.26 Å². The van der Waals surface area contributed by atoms with Crippen molar-refractivity contribution in [3.05, 3.63) is 11.2 Å². The maximum atomic E-state index is 5.66. The highest BCUT2D eigenvalue weighted by atomic mass is 35.5. The van der Waals surface area contributed by atoms with E-state index in [2.05, 4.69) is 10.3 Å². The zero-order valence-electron chi connectivity index (χ0n) is 5.27. The van der Waals surface area contributed by atoms with Crippen LogP contribution in [0.1, 0.15) is 0 Å². The van der Waals surface area contributed by atoms with Gasteiger partial charge in [0.05, 0.1) is 0 Å². The second-order valence-electron chi connectivity index (χ2n) is 1.68. The Bertz CT molecular complexity index is 190. The van der Waals surface area contributed by atoms with E-state index in [0.29, 0.717) is 10.3 Å². The first-order valence-corrected chi connectivity index (χ1v) is 4.66. The first kappa shape index (κ1) is 8.24. The third-order valence-corrected chi connectivity index (χ3v) is 2.07. The molecular weight excluding hydrogens is 191 g/mol. The van der Waals surface area contributed by atoms with Crippen molar-refractivity contribution < 1.29 is 0 Å². The molecule has 0 fully saturated rings. The highest BCUT2D eigenvalue weighted by Gasteiger charge is 2.10. The van der Waals surface area contributed by atoms with E-state index < -0.39 is 0 Å². The van der Waals surface area contributed by atoms with Gasteiger partial charge in [0.25, 0.3) is 0 Å². The van der Waals surface area contributed by atoms with Gasteiger partial charge in [0.15, 0.2) is 5.50 Å². The fourth-order valence-electron chi connectivity index (χ4n) is 0.557. The van der Waals surface area contributed by atoms with Crippen molar-refractivity contribution in [2.75, 3.05) is 6.26 Å². The highest BCUT2D eigenvalue weighted by molar-refractivity contribution is 7.99. The van der Waals surface area contributed by atoms with Gasteiger partial charge in [-0.15, -0.1) is 11.8 Å². The number of halogens is 2. The molecule has 2 nitrogen and oxygen atoms in total. The topological polar surface area (TPSA) is 24.4 Å². The minimum Gasteiger partial charge on any atom is -0.346 e. The van der Waals surface area contributed by atoms with Gasteiger partial charge < -0.3 is 5.32 Å². The summed E-state index contributed by atoms with van der Waals surface area (Å²) < 4.78 is 0. The summed E-state index contributed by atoms with van der Waals surface area (Å²) in [6.45, 7) is 0. The van der Waals surface area contributed by atoms with Gasteiger partial charge in [-0.1, -0.05) is 23.2 Å². The van der Waals surface area contributed by atoms with Crippen LogP contribution in [0.25, 0.3) is 0 Å². The highest BCUT2D eigenvalue weighted by Crippen LogP contribution is 2.15. The molecule has 0 amide bonds. The molecule has 10 heavy (non-hydrogen) atoms. The summed E-state index contributed by atoms with van der Waals surface area (Å²) in [5.74, 6) is 0. The van der Waals surface area contributed by atoms with E-state index in [1.165, 1.54) is 0 Å². The molecule has 1 unspecified atom stereocenters.